The molecule has 0 aliphatic rings. The molecule has 0 heterocycles. The summed E-state index contributed by atoms with van der Waals surface area (Å²) in [6.07, 6.45) is 0.733. The predicted octanol–water partition coefficient (Wildman–Crippen LogP) is 2.90. The van der Waals surface area contributed by atoms with Crippen molar-refractivity contribution in [3.63, 3.8) is 0 Å². The van der Waals surface area contributed by atoms with Crippen LogP contribution in [0.5, 0.6) is 0 Å². The summed E-state index contributed by atoms with van der Waals surface area (Å²) < 4.78 is 0. The summed E-state index contributed by atoms with van der Waals surface area (Å²) in [6, 6.07) is 20.8. The number of rotatable bonds is 6. The molecule has 0 unspecified atom stereocenters. The Morgan fingerprint density at radius 1 is 0.889 bits per heavy atom. The first-order valence-electron chi connectivity index (χ1n) is 6.33. The summed E-state index contributed by atoms with van der Waals surface area (Å²) in [5.74, 6) is 0. The average Bonchev–Trinajstić information content (AvgIpc) is 2.45. The predicted molar refractivity (Wildman–Crippen MR) is 74.2 cm³/mol. The molecule has 0 fully saturated rings. The van der Waals surface area contributed by atoms with Crippen LogP contribution in [-0.4, -0.2) is 11.7 Å². The first kappa shape index (κ1) is 12.8. The fourth-order valence-corrected chi connectivity index (χ4v) is 2.04. The average molecular weight is 241 g/mol. The van der Waals surface area contributed by atoms with Gasteiger partial charge in [0.15, 0.2) is 0 Å². The van der Waals surface area contributed by atoms with E-state index in [-0.39, 0.29) is 12.6 Å². The van der Waals surface area contributed by atoms with Crippen molar-refractivity contribution in [3.8, 4) is 0 Å². The van der Waals surface area contributed by atoms with Crippen LogP contribution < -0.4 is 5.32 Å². The molecular weight excluding hydrogens is 222 g/mol. The molecule has 18 heavy (non-hydrogen) atoms. The number of benzene rings is 2. The summed E-state index contributed by atoms with van der Waals surface area (Å²) >= 11 is 0. The Bertz CT molecular complexity index is 441. The SMILES string of the molecule is OCC[C@H](NCc1ccccc1)c1ccccc1. The fourth-order valence-electron chi connectivity index (χ4n) is 2.04. The Morgan fingerprint density at radius 2 is 1.50 bits per heavy atom. The Hall–Kier alpha value is -1.64. The molecular formula is C16H19NO. The molecule has 2 N–H and O–H groups in total. The Kier molecular flexibility index (Phi) is 4.94. The van der Waals surface area contributed by atoms with Gasteiger partial charge in [-0.05, 0) is 17.5 Å². The zero-order chi connectivity index (χ0) is 12.6. The molecule has 0 radical (unpaired) electrons. The Morgan fingerprint density at radius 3 is 2.11 bits per heavy atom. The van der Waals surface area contributed by atoms with Crippen molar-refractivity contribution in [2.75, 3.05) is 6.61 Å². The molecule has 2 nitrogen and oxygen atoms in total. The van der Waals surface area contributed by atoms with Crippen molar-refractivity contribution in [1.82, 2.24) is 5.32 Å². The zero-order valence-electron chi connectivity index (χ0n) is 10.4. The van der Waals surface area contributed by atoms with Gasteiger partial charge in [-0.15, -0.1) is 0 Å². The highest BCUT2D eigenvalue weighted by atomic mass is 16.3. The Labute approximate surface area is 108 Å². The molecule has 0 aliphatic carbocycles. The van der Waals surface area contributed by atoms with Gasteiger partial charge < -0.3 is 10.4 Å². The third-order valence-corrected chi connectivity index (χ3v) is 3.02. The molecule has 0 aliphatic heterocycles. The highest BCUT2D eigenvalue weighted by Crippen LogP contribution is 2.16. The molecule has 2 aromatic rings. The lowest BCUT2D eigenvalue weighted by atomic mass is 10.0. The standard InChI is InChI=1S/C16H19NO/c18-12-11-16(15-9-5-2-6-10-15)17-13-14-7-3-1-4-8-14/h1-10,16-18H,11-13H2/t16-/m0/s1. The summed E-state index contributed by atoms with van der Waals surface area (Å²) in [6.45, 7) is 1.02. The maximum Gasteiger partial charge on any atom is 0.0449 e. The van der Waals surface area contributed by atoms with Crippen molar-refractivity contribution in [3.05, 3.63) is 71.8 Å². The van der Waals surface area contributed by atoms with E-state index in [1.165, 1.54) is 11.1 Å². The minimum atomic E-state index is 0.196. The second-order valence-corrected chi connectivity index (χ2v) is 4.34. The van der Waals surface area contributed by atoms with Crippen molar-refractivity contribution in [2.45, 2.75) is 19.0 Å². The number of hydrogen-bond donors (Lipinski definition) is 2. The van der Waals surface area contributed by atoms with E-state index < -0.39 is 0 Å². The minimum Gasteiger partial charge on any atom is -0.396 e. The molecule has 94 valence electrons. The van der Waals surface area contributed by atoms with Gasteiger partial charge >= 0.3 is 0 Å². The van der Waals surface area contributed by atoms with Crippen LogP contribution in [-0.2, 0) is 6.54 Å². The lowest BCUT2D eigenvalue weighted by Crippen LogP contribution is -2.21. The van der Waals surface area contributed by atoms with Gasteiger partial charge in [-0.3, -0.25) is 0 Å². The summed E-state index contributed by atoms with van der Waals surface area (Å²) in [5, 5.41) is 12.6. The second-order valence-electron chi connectivity index (χ2n) is 4.34. The number of hydrogen-bond acceptors (Lipinski definition) is 2. The van der Waals surface area contributed by atoms with Gasteiger partial charge in [0.1, 0.15) is 0 Å². The molecule has 0 spiro atoms. The van der Waals surface area contributed by atoms with Crippen LogP contribution in [0.1, 0.15) is 23.6 Å². The summed E-state index contributed by atoms with van der Waals surface area (Å²) in [5.41, 5.74) is 2.49. The summed E-state index contributed by atoms with van der Waals surface area (Å²) in [4.78, 5) is 0. The maximum atomic E-state index is 9.16. The zero-order valence-corrected chi connectivity index (χ0v) is 10.4. The Balaban J connectivity index is 1.99. The van der Waals surface area contributed by atoms with Crippen molar-refractivity contribution >= 4 is 0 Å². The van der Waals surface area contributed by atoms with Gasteiger partial charge in [0.05, 0.1) is 0 Å². The third kappa shape index (κ3) is 3.69. The van der Waals surface area contributed by atoms with Crippen molar-refractivity contribution in [1.29, 1.82) is 0 Å². The molecule has 0 bridgehead atoms. The molecule has 0 amide bonds. The first-order valence-corrected chi connectivity index (χ1v) is 6.33. The van der Waals surface area contributed by atoms with Gasteiger partial charge in [-0.1, -0.05) is 60.7 Å². The molecule has 2 aromatic carbocycles. The number of aliphatic hydroxyl groups is 1. The van der Waals surface area contributed by atoms with E-state index in [1.807, 2.05) is 36.4 Å². The first-order chi connectivity index (χ1) is 8.90. The van der Waals surface area contributed by atoms with Crippen LogP contribution in [0.2, 0.25) is 0 Å². The van der Waals surface area contributed by atoms with Crippen molar-refractivity contribution in [2.24, 2.45) is 0 Å². The van der Waals surface area contributed by atoms with Gasteiger partial charge in [0.25, 0.3) is 0 Å². The van der Waals surface area contributed by atoms with Crippen molar-refractivity contribution < 1.29 is 5.11 Å². The minimum absolute atomic E-state index is 0.196. The van der Waals surface area contributed by atoms with E-state index in [0.29, 0.717) is 0 Å². The van der Waals surface area contributed by atoms with Crippen LogP contribution in [0.4, 0.5) is 0 Å². The van der Waals surface area contributed by atoms with E-state index in [1.54, 1.807) is 0 Å². The molecule has 1 atom stereocenters. The van der Waals surface area contributed by atoms with E-state index in [0.717, 1.165) is 13.0 Å². The normalized spacial score (nSPS) is 12.3. The fraction of sp³-hybridized carbons (Fsp3) is 0.250. The van der Waals surface area contributed by atoms with E-state index >= 15 is 0 Å². The van der Waals surface area contributed by atoms with Crippen LogP contribution in [0.15, 0.2) is 60.7 Å². The lowest BCUT2D eigenvalue weighted by Gasteiger charge is -2.18. The van der Waals surface area contributed by atoms with E-state index in [2.05, 4.69) is 29.6 Å². The maximum absolute atomic E-state index is 9.16. The topological polar surface area (TPSA) is 32.3 Å². The van der Waals surface area contributed by atoms with Gasteiger partial charge in [0, 0.05) is 19.2 Å². The molecule has 0 saturated carbocycles. The van der Waals surface area contributed by atoms with Crippen LogP contribution in [0.3, 0.4) is 0 Å². The van der Waals surface area contributed by atoms with Gasteiger partial charge in [-0.2, -0.15) is 0 Å². The summed E-state index contributed by atoms with van der Waals surface area (Å²) in [7, 11) is 0. The quantitative estimate of drug-likeness (QED) is 0.815. The molecule has 2 rings (SSSR count). The molecule has 2 heteroatoms. The van der Waals surface area contributed by atoms with E-state index in [4.69, 9.17) is 5.11 Å². The highest BCUT2D eigenvalue weighted by molar-refractivity contribution is 5.20. The number of aliphatic hydroxyl groups excluding tert-OH is 1. The molecule has 0 saturated heterocycles. The largest absolute Gasteiger partial charge is 0.396 e. The van der Waals surface area contributed by atoms with Gasteiger partial charge in [-0.25, -0.2) is 0 Å². The van der Waals surface area contributed by atoms with Crippen LogP contribution >= 0.6 is 0 Å². The lowest BCUT2D eigenvalue weighted by molar-refractivity contribution is 0.265. The van der Waals surface area contributed by atoms with E-state index in [9.17, 15) is 0 Å². The monoisotopic (exact) mass is 241 g/mol. The van der Waals surface area contributed by atoms with Crippen LogP contribution in [0.25, 0.3) is 0 Å². The highest BCUT2D eigenvalue weighted by Gasteiger charge is 2.09. The van der Waals surface area contributed by atoms with Crippen LogP contribution in [0, 0.1) is 0 Å². The third-order valence-electron chi connectivity index (χ3n) is 3.02. The number of nitrogens with one attached hydrogen (secondary N) is 1. The molecule has 0 aromatic heterocycles. The van der Waals surface area contributed by atoms with Gasteiger partial charge in [0.2, 0.25) is 0 Å². The smallest absolute Gasteiger partial charge is 0.0449 e. The second kappa shape index (κ2) is 6.94.